The highest BCUT2D eigenvalue weighted by molar-refractivity contribution is 6.03. The molecule has 0 unspecified atom stereocenters. The van der Waals surface area contributed by atoms with E-state index in [-0.39, 0.29) is 11.6 Å². The average Bonchev–Trinajstić information content (AvgIpc) is 3.04. The van der Waals surface area contributed by atoms with Crippen LogP contribution in [0.1, 0.15) is 23.0 Å². The van der Waals surface area contributed by atoms with Crippen LogP contribution in [0.5, 0.6) is 0 Å². The number of halogens is 2. The number of rotatable bonds is 4. The third-order valence-corrected chi connectivity index (χ3v) is 3.84. The SMILES string of the molecule is CCn1nc(C(=O)Nc2ccc(C)cc2)cc1-c1ccc(F)c(F)c1. The molecule has 0 saturated heterocycles. The summed E-state index contributed by atoms with van der Waals surface area (Å²) in [7, 11) is 0. The van der Waals surface area contributed by atoms with Gasteiger partial charge in [-0.1, -0.05) is 17.7 Å². The summed E-state index contributed by atoms with van der Waals surface area (Å²) in [6.07, 6.45) is 0. The lowest BCUT2D eigenvalue weighted by Gasteiger charge is -2.04. The zero-order chi connectivity index (χ0) is 18.0. The zero-order valence-corrected chi connectivity index (χ0v) is 13.9. The van der Waals surface area contributed by atoms with Crippen molar-refractivity contribution in [2.24, 2.45) is 0 Å². The molecule has 0 atom stereocenters. The second kappa shape index (κ2) is 6.84. The fourth-order valence-corrected chi connectivity index (χ4v) is 2.49. The summed E-state index contributed by atoms with van der Waals surface area (Å²) < 4.78 is 28.2. The Hall–Kier alpha value is -3.02. The van der Waals surface area contributed by atoms with Crippen molar-refractivity contribution in [3.63, 3.8) is 0 Å². The maximum Gasteiger partial charge on any atom is 0.276 e. The molecule has 128 valence electrons. The van der Waals surface area contributed by atoms with Gasteiger partial charge in [-0.3, -0.25) is 9.48 Å². The van der Waals surface area contributed by atoms with Crippen LogP contribution in [0.25, 0.3) is 11.3 Å². The van der Waals surface area contributed by atoms with Crippen LogP contribution in [-0.2, 0) is 6.54 Å². The molecule has 0 aliphatic heterocycles. The first kappa shape index (κ1) is 16.8. The Morgan fingerprint density at radius 1 is 1.08 bits per heavy atom. The third kappa shape index (κ3) is 3.57. The summed E-state index contributed by atoms with van der Waals surface area (Å²) in [4.78, 5) is 12.4. The number of carbonyl (C=O) groups is 1. The lowest BCUT2D eigenvalue weighted by molar-refractivity contribution is 0.102. The highest BCUT2D eigenvalue weighted by Crippen LogP contribution is 2.23. The summed E-state index contributed by atoms with van der Waals surface area (Å²) in [6.45, 7) is 4.31. The van der Waals surface area contributed by atoms with Crippen LogP contribution >= 0.6 is 0 Å². The summed E-state index contributed by atoms with van der Waals surface area (Å²) >= 11 is 0. The highest BCUT2D eigenvalue weighted by Gasteiger charge is 2.16. The normalized spacial score (nSPS) is 10.7. The predicted molar refractivity (Wildman–Crippen MR) is 92.4 cm³/mol. The van der Waals surface area contributed by atoms with Crippen molar-refractivity contribution in [3.8, 4) is 11.3 Å². The molecular formula is C19H17F2N3O. The van der Waals surface area contributed by atoms with Crippen molar-refractivity contribution < 1.29 is 13.6 Å². The van der Waals surface area contributed by atoms with Gasteiger partial charge in [0.2, 0.25) is 0 Å². The van der Waals surface area contributed by atoms with Gasteiger partial charge in [-0.15, -0.1) is 0 Å². The van der Waals surface area contributed by atoms with Crippen LogP contribution in [0.2, 0.25) is 0 Å². The lowest BCUT2D eigenvalue weighted by atomic mass is 10.1. The summed E-state index contributed by atoms with van der Waals surface area (Å²) in [5.41, 5.74) is 2.98. The van der Waals surface area contributed by atoms with E-state index in [1.807, 2.05) is 26.0 Å². The van der Waals surface area contributed by atoms with E-state index in [4.69, 9.17) is 0 Å². The van der Waals surface area contributed by atoms with Crippen molar-refractivity contribution in [1.82, 2.24) is 9.78 Å². The van der Waals surface area contributed by atoms with E-state index in [9.17, 15) is 13.6 Å². The first-order valence-corrected chi connectivity index (χ1v) is 7.89. The predicted octanol–water partition coefficient (Wildman–Crippen LogP) is 4.41. The second-order valence-electron chi connectivity index (χ2n) is 5.68. The summed E-state index contributed by atoms with van der Waals surface area (Å²) in [6, 6.07) is 12.6. The molecule has 0 saturated carbocycles. The van der Waals surface area contributed by atoms with E-state index >= 15 is 0 Å². The van der Waals surface area contributed by atoms with Gasteiger partial charge in [0.15, 0.2) is 17.3 Å². The molecule has 6 heteroatoms. The molecule has 0 spiro atoms. The maximum absolute atomic E-state index is 13.5. The number of amides is 1. The van der Waals surface area contributed by atoms with Gasteiger partial charge in [0.25, 0.3) is 5.91 Å². The van der Waals surface area contributed by atoms with Gasteiger partial charge in [0.05, 0.1) is 5.69 Å². The van der Waals surface area contributed by atoms with Crippen LogP contribution < -0.4 is 5.32 Å². The molecule has 2 aromatic carbocycles. The highest BCUT2D eigenvalue weighted by atomic mass is 19.2. The van der Waals surface area contributed by atoms with Crippen LogP contribution in [0.4, 0.5) is 14.5 Å². The topological polar surface area (TPSA) is 46.9 Å². The van der Waals surface area contributed by atoms with Crippen LogP contribution in [-0.4, -0.2) is 15.7 Å². The number of hydrogen-bond acceptors (Lipinski definition) is 2. The van der Waals surface area contributed by atoms with Gasteiger partial charge in [-0.25, -0.2) is 8.78 Å². The minimum atomic E-state index is -0.938. The van der Waals surface area contributed by atoms with E-state index in [1.54, 1.807) is 22.9 Å². The molecule has 0 aliphatic carbocycles. The van der Waals surface area contributed by atoms with Gasteiger partial charge in [-0.05, 0) is 50.2 Å². The van der Waals surface area contributed by atoms with E-state index in [0.29, 0.717) is 23.5 Å². The number of aromatic nitrogens is 2. The maximum atomic E-state index is 13.5. The number of carbonyl (C=O) groups excluding carboxylic acids is 1. The van der Waals surface area contributed by atoms with Crippen molar-refractivity contribution in [3.05, 3.63) is 71.4 Å². The number of benzene rings is 2. The first-order valence-electron chi connectivity index (χ1n) is 7.89. The summed E-state index contributed by atoms with van der Waals surface area (Å²) in [5, 5.41) is 7.03. The van der Waals surface area contributed by atoms with E-state index in [0.717, 1.165) is 17.7 Å². The van der Waals surface area contributed by atoms with E-state index < -0.39 is 11.6 Å². The Bertz CT molecular complexity index is 917. The molecule has 4 nitrogen and oxygen atoms in total. The second-order valence-corrected chi connectivity index (χ2v) is 5.68. The van der Waals surface area contributed by atoms with Crippen LogP contribution in [0.15, 0.2) is 48.5 Å². The lowest BCUT2D eigenvalue weighted by Crippen LogP contribution is -2.13. The van der Waals surface area contributed by atoms with Crippen molar-refractivity contribution in [2.75, 3.05) is 5.32 Å². The van der Waals surface area contributed by atoms with Crippen molar-refractivity contribution in [2.45, 2.75) is 20.4 Å². The van der Waals surface area contributed by atoms with Gasteiger partial charge >= 0.3 is 0 Å². The number of anilines is 1. The molecule has 0 bridgehead atoms. The average molecular weight is 341 g/mol. The van der Waals surface area contributed by atoms with Gasteiger partial charge < -0.3 is 5.32 Å². The monoisotopic (exact) mass is 341 g/mol. The Balaban J connectivity index is 1.90. The third-order valence-electron chi connectivity index (χ3n) is 3.84. The van der Waals surface area contributed by atoms with Gasteiger partial charge in [0.1, 0.15) is 0 Å². The van der Waals surface area contributed by atoms with Gasteiger partial charge in [-0.2, -0.15) is 5.10 Å². The molecule has 1 amide bonds. The van der Waals surface area contributed by atoms with E-state index in [1.165, 1.54) is 6.07 Å². The van der Waals surface area contributed by atoms with Crippen LogP contribution in [0, 0.1) is 18.6 Å². The first-order chi connectivity index (χ1) is 12.0. The van der Waals surface area contributed by atoms with Crippen LogP contribution in [0.3, 0.4) is 0 Å². The Labute approximate surface area is 144 Å². The number of nitrogens with one attached hydrogen (secondary N) is 1. The smallest absolute Gasteiger partial charge is 0.276 e. The molecule has 3 aromatic rings. The Morgan fingerprint density at radius 2 is 1.80 bits per heavy atom. The molecular weight excluding hydrogens is 324 g/mol. The molecule has 1 heterocycles. The molecule has 0 radical (unpaired) electrons. The minimum Gasteiger partial charge on any atom is -0.321 e. The minimum absolute atomic E-state index is 0.210. The van der Waals surface area contributed by atoms with Gasteiger partial charge in [0, 0.05) is 17.8 Å². The standard InChI is InChI=1S/C19H17F2N3O/c1-3-24-18(13-6-9-15(20)16(21)10-13)11-17(23-24)19(25)22-14-7-4-12(2)5-8-14/h4-11H,3H2,1-2H3,(H,22,25). The zero-order valence-electron chi connectivity index (χ0n) is 13.9. The Morgan fingerprint density at radius 3 is 2.44 bits per heavy atom. The fourth-order valence-electron chi connectivity index (χ4n) is 2.49. The molecule has 0 aliphatic rings. The largest absolute Gasteiger partial charge is 0.321 e. The molecule has 3 rings (SSSR count). The molecule has 0 fully saturated rings. The Kier molecular flexibility index (Phi) is 4.61. The fraction of sp³-hybridized carbons (Fsp3) is 0.158. The molecule has 25 heavy (non-hydrogen) atoms. The number of hydrogen-bond donors (Lipinski definition) is 1. The number of nitrogens with zero attached hydrogens (tertiary/aromatic N) is 2. The number of aryl methyl sites for hydroxylation is 2. The molecule has 1 N–H and O–H groups in total. The van der Waals surface area contributed by atoms with E-state index in [2.05, 4.69) is 10.4 Å². The van der Waals surface area contributed by atoms with Crippen molar-refractivity contribution >= 4 is 11.6 Å². The quantitative estimate of drug-likeness (QED) is 0.764. The molecule has 1 aromatic heterocycles. The van der Waals surface area contributed by atoms with Crippen molar-refractivity contribution in [1.29, 1.82) is 0 Å². The summed E-state index contributed by atoms with van der Waals surface area (Å²) in [5.74, 6) is -2.21.